The Bertz CT molecular complexity index is 1090. The van der Waals surface area contributed by atoms with Gasteiger partial charge in [-0.15, -0.1) is 0 Å². The van der Waals surface area contributed by atoms with Gasteiger partial charge in [0, 0.05) is 18.7 Å². The number of nitrogens with zero attached hydrogens (tertiary/aromatic N) is 2. The van der Waals surface area contributed by atoms with Gasteiger partial charge in [0.15, 0.2) is 16.3 Å². The molecular formula is C20H20N2O5S. The van der Waals surface area contributed by atoms with Gasteiger partial charge in [-0.1, -0.05) is 11.3 Å². The minimum Gasteiger partial charge on any atom is -0.497 e. The SMILES string of the molecule is CCOCCn1c(=NC(=O)c2ccc3c(c2)OCO3)sc2cc(OC)ccc21. The van der Waals surface area contributed by atoms with E-state index in [0.29, 0.717) is 41.6 Å². The number of amides is 1. The number of ether oxygens (including phenoxy) is 4. The molecule has 0 bridgehead atoms. The summed E-state index contributed by atoms with van der Waals surface area (Å²) in [7, 11) is 1.63. The van der Waals surface area contributed by atoms with Crippen molar-refractivity contribution in [1.29, 1.82) is 0 Å². The Morgan fingerprint density at radius 2 is 2.07 bits per heavy atom. The maximum Gasteiger partial charge on any atom is 0.279 e. The predicted molar refractivity (Wildman–Crippen MR) is 105 cm³/mol. The van der Waals surface area contributed by atoms with Crippen LogP contribution in [0.15, 0.2) is 41.4 Å². The third-order valence-electron chi connectivity index (χ3n) is 4.37. The molecule has 4 rings (SSSR count). The zero-order valence-electron chi connectivity index (χ0n) is 15.6. The first kappa shape index (κ1) is 18.5. The molecular weight excluding hydrogens is 380 g/mol. The van der Waals surface area contributed by atoms with Crippen LogP contribution in [-0.2, 0) is 11.3 Å². The summed E-state index contributed by atoms with van der Waals surface area (Å²) in [5.74, 6) is 1.63. The van der Waals surface area contributed by atoms with Crippen molar-refractivity contribution in [3.63, 3.8) is 0 Å². The van der Waals surface area contributed by atoms with E-state index in [-0.39, 0.29) is 12.7 Å². The molecule has 0 radical (unpaired) electrons. The molecule has 1 aliphatic rings. The summed E-state index contributed by atoms with van der Waals surface area (Å²) in [6.45, 7) is 3.90. The molecule has 1 aromatic heterocycles. The summed E-state index contributed by atoms with van der Waals surface area (Å²) >= 11 is 1.44. The molecule has 2 heterocycles. The Labute approximate surface area is 165 Å². The van der Waals surface area contributed by atoms with Gasteiger partial charge < -0.3 is 23.5 Å². The number of rotatable bonds is 6. The van der Waals surface area contributed by atoms with E-state index < -0.39 is 0 Å². The molecule has 8 heteroatoms. The van der Waals surface area contributed by atoms with Crippen LogP contribution in [-0.4, -0.2) is 37.6 Å². The molecule has 1 amide bonds. The van der Waals surface area contributed by atoms with Crippen molar-refractivity contribution in [2.75, 3.05) is 27.1 Å². The van der Waals surface area contributed by atoms with Crippen molar-refractivity contribution < 1.29 is 23.7 Å². The van der Waals surface area contributed by atoms with Crippen molar-refractivity contribution in [3.05, 3.63) is 46.8 Å². The first-order valence-corrected chi connectivity index (χ1v) is 9.75. The zero-order valence-corrected chi connectivity index (χ0v) is 16.5. The molecule has 7 nitrogen and oxygen atoms in total. The largest absolute Gasteiger partial charge is 0.497 e. The molecule has 28 heavy (non-hydrogen) atoms. The topological polar surface area (TPSA) is 71.3 Å². The van der Waals surface area contributed by atoms with E-state index in [1.165, 1.54) is 11.3 Å². The third kappa shape index (κ3) is 3.61. The van der Waals surface area contributed by atoms with Gasteiger partial charge in [0.2, 0.25) is 6.79 Å². The van der Waals surface area contributed by atoms with E-state index in [0.717, 1.165) is 16.0 Å². The summed E-state index contributed by atoms with van der Waals surface area (Å²) in [4.78, 5) is 17.8. The van der Waals surface area contributed by atoms with Gasteiger partial charge in [0.1, 0.15) is 5.75 Å². The standard InChI is InChI=1S/C20H20N2O5S/c1-3-25-9-8-22-15-6-5-14(24-2)11-18(15)28-20(22)21-19(23)13-4-7-16-17(10-13)27-12-26-16/h4-7,10-11H,3,8-9,12H2,1-2H3. The third-order valence-corrected chi connectivity index (χ3v) is 5.41. The average Bonchev–Trinajstić information content (AvgIpc) is 3.31. The fourth-order valence-electron chi connectivity index (χ4n) is 2.96. The van der Waals surface area contributed by atoms with E-state index in [1.54, 1.807) is 25.3 Å². The number of carbonyl (C=O) groups excluding carboxylic acids is 1. The van der Waals surface area contributed by atoms with Gasteiger partial charge in [-0.25, -0.2) is 0 Å². The molecule has 1 aliphatic heterocycles. The van der Waals surface area contributed by atoms with Gasteiger partial charge in [-0.2, -0.15) is 4.99 Å². The van der Waals surface area contributed by atoms with Crippen LogP contribution in [0.25, 0.3) is 10.2 Å². The predicted octanol–water partition coefficient (Wildman–Crippen LogP) is 3.22. The summed E-state index contributed by atoms with van der Waals surface area (Å²) in [5.41, 5.74) is 1.44. The Hall–Kier alpha value is -2.84. The zero-order chi connectivity index (χ0) is 19.5. The molecule has 0 N–H and O–H groups in total. The van der Waals surface area contributed by atoms with Crippen LogP contribution in [0.4, 0.5) is 0 Å². The lowest BCUT2D eigenvalue weighted by Crippen LogP contribution is -2.19. The molecule has 0 aliphatic carbocycles. The fraction of sp³-hybridized carbons (Fsp3) is 0.300. The number of thiazole rings is 1. The van der Waals surface area contributed by atoms with Gasteiger partial charge >= 0.3 is 0 Å². The highest BCUT2D eigenvalue weighted by molar-refractivity contribution is 7.16. The van der Waals surface area contributed by atoms with E-state index >= 15 is 0 Å². The molecule has 0 atom stereocenters. The maximum atomic E-state index is 12.8. The van der Waals surface area contributed by atoms with Crippen LogP contribution < -0.4 is 19.0 Å². The van der Waals surface area contributed by atoms with Crippen molar-refractivity contribution in [2.45, 2.75) is 13.5 Å². The van der Waals surface area contributed by atoms with Crippen LogP contribution in [0.5, 0.6) is 17.2 Å². The van der Waals surface area contributed by atoms with Crippen molar-refractivity contribution in [1.82, 2.24) is 4.57 Å². The Balaban J connectivity index is 1.74. The van der Waals surface area contributed by atoms with E-state index in [9.17, 15) is 4.79 Å². The smallest absolute Gasteiger partial charge is 0.279 e. The quantitative estimate of drug-likeness (QED) is 0.594. The second-order valence-electron chi connectivity index (χ2n) is 6.05. The Kier molecular flexibility index (Phi) is 5.31. The number of aromatic nitrogens is 1. The lowest BCUT2D eigenvalue weighted by atomic mass is 10.2. The molecule has 0 unspecified atom stereocenters. The minimum absolute atomic E-state index is 0.166. The second-order valence-corrected chi connectivity index (χ2v) is 7.06. The lowest BCUT2D eigenvalue weighted by molar-refractivity contribution is 0.0996. The first-order chi connectivity index (χ1) is 13.7. The first-order valence-electron chi connectivity index (χ1n) is 8.93. The van der Waals surface area contributed by atoms with E-state index in [2.05, 4.69) is 4.99 Å². The van der Waals surface area contributed by atoms with Gasteiger partial charge in [0.05, 0.1) is 23.9 Å². The molecule has 0 fully saturated rings. The summed E-state index contributed by atoms with van der Waals surface area (Å²) < 4.78 is 24.5. The van der Waals surface area contributed by atoms with Crippen molar-refractivity contribution in [2.24, 2.45) is 4.99 Å². The molecule has 146 valence electrons. The van der Waals surface area contributed by atoms with Crippen molar-refractivity contribution in [3.8, 4) is 17.2 Å². The Morgan fingerprint density at radius 3 is 2.89 bits per heavy atom. The normalized spacial score (nSPS) is 13.3. The minimum atomic E-state index is -0.331. The average molecular weight is 400 g/mol. The van der Waals surface area contributed by atoms with Gasteiger partial charge in [-0.3, -0.25) is 4.79 Å². The summed E-state index contributed by atoms with van der Waals surface area (Å²) in [6, 6.07) is 10.9. The number of fused-ring (bicyclic) bond motifs is 2. The Morgan fingerprint density at radius 1 is 1.21 bits per heavy atom. The highest BCUT2D eigenvalue weighted by atomic mass is 32.1. The maximum absolute atomic E-state index is 12.8. The number of methoxy groups -OCH3 is 1. The van der Waals surface area contributed by atoms with E-state index in [1.807, 2.05) is 29.7 Å². The molecule has 0 spiro atoms. The monoisotopic (exact) mass is 400 g/mol. The summed E-state index contributed by atoms with van der Waals surface area (Å²) in [6.07, 6.45) is 0. The van der Waals surface area contributed by atoms with E-state index in [4.69, 9.17) is 18.9 Å². The lowest BCUT2D eigenvalue weighted by Gasteiger charge is -2.06. The van der Waals surface area contributed by atoms with Crippen LogP contribution >= 0.6 is 11.3 Å². The highest BCUT2D eigenvalue weighted by Gasteiger charge is 2.16. The van der Waals surface area contributed by atoms with Gasteiger partial charge in [-0.05, 0) is 43.3 Å². The molecule has 0 saturated heterocycles. The van der Waals surface area contributed by atoms with Crippen molar-refractivity contribution >= 4 is 27.5 Å². The number of carbonyl (C=O) groups is 1. The molecule has 3 aromatic rings. The second kappa shape index (κ2) is 8.04. The number of hydrogen-bond donors (Lipinski definition) is 0. The van der Waals surface area contributed by atoms with Crippen LogP contribution in [0.3, 0.4) is 0 Å². The molecule has 2 aromatic carbocycles. The van der Waals surface area contributed by atoms with Gasteiger partial charge in [0.25, 0.3) is 5.91 Å². The highest BCUT2D eigenvalue weighted by Crippen LogP contribution is 2.32. The number of benzene rings is 2. The fourth-order valence-corrected chi connectivity index (χ4v) is 4.05. The van der Waals surface area contributed by atoms with Crippen LogP contribution in [0.2, 0.25) is 0 Å². The van der Waals surface area contributed by atoms with Crippen LogP contribution in [0, 0.1) is 0 Å². The summed E-state index contributed by atoms with van der Waals surface area (Å²) in [5, 5.41) is 0. The molecule has 0 saturated carbocycles. The number of hydrogen-bond acceptors (Lipinski definition) is 6. The van der Waals surface area contributed by atoms with Crippen LogP contribution in [0.1, 0.15) is 17.3 Å².